The number of aliphatic hydroxyl groups is 2. The van der Waals surface area contributed by atoms with Gasteiger partial charge in [-0.25, -0.2) is 4.79 Å². The third kappa shape index (κ3) is 10.4. The molecule has 0 aromatic heterocycles. The van der Waals surface area contributed by atoms with Crippen LogP contribution >= 0.6 is 11.8 Å². The van der Waals surface area contributed by atoms with Crippen molar-refractivity contribution >= 4 is 29.3 Å². The molecular formula is C47H59N3O10S. The molecule has 1 saturated carbocycles. The van der Waals surface area contributed by atoms with Gasteiger partial charge in [0, 0.05) is 54.7 Å². The molecule has 0 spiro atoms. The molecule has 14 heteroatoms. The van der Waals surface area contributed by atoms with Crippen LogP contribution in [0.25, 0.3) is 0 Å². The van der Waals surface area contributed by atoms with Gasteiger partial charge in [0.2, 0.25) is 5.79 Å². The van der Waals surface area contributed by atoms with E-state index in [0.717, 1.165) is 41.7 Å². The first kappa shape index (κ1) is 45.6. The summed E-state index contributed by atoms with van der Waals surface area (Å²) in [4.78, 5) is 33.9. The molecule has 2 N–H and O–H groups in total. The summed E-state index contributed by atoms with van der Waals surface area (Å²) in [5.41, 5.74) is 3.16. The third-order valence-electron chi connectivity index (χ3n) is 11.8. The van der Waals surface area contributed by atoms with E-state index < -0.39 is 28.8 Å². The van der Waals surface area contributed by atoms with Crippen LogP contribution in [-0.4, -0.2) is 82.9 Å². The molecular weight excluding hydrogens is 799 g/mol. The van der Waals surface area contributed by atoms with Crippen LogP contribution in [0.2, 0.25) is 0 Å². The van der Waals surface area contributed by atoms with Crippen LogP contribution in [0.1, 0.15) is 82.3 Å². The number of carbonyl (C=O) groups excluding carboxylic acids is 1. The monoisotopic (exact) mass is 857 g/mol. The number of hydrogen-bond donors (Lipinski definition) is 2. The zero-order valence-corrected chi connectivity index (χ0v) is 36.2. The fourth-order valence-corrected chi connectivity index (χ4v) is 9.62. The van der Waals surface area contributed by atoms with Crippen LogP contribution in [-0.2, 0) is 20.9 Å². The third-order valence-corrected chi connectivity index (χ3v) is 12.6. The molecule has 1 heterocycles. The number of fused-ring (bicyclic) bond motifs is 2. The van der Waals surface area contributed by atoms with Crippen LogP contribution in [0.15, 0.2) is 101 Å². The Hall–Kier alpha value is -4.89. The second-order valence-electron chi connectivity index (χ2n) is 15.6. The molecule has 61 heavy (non-hydrogen) atoms. The van der Waals surface area contributed by atoms with Gasteiger partial charge in [0.15, 0.2) is 0 Å². The molecule has 3 aromatic carbocycles. The largest absolute Gasteiger partial charge is 0.459 e. The van der Waals surface area contributed by atoms with Gasteiger partial charge in [-0.05, 0) is 123 Å². The minimum atomic E-state index is -1.42. The van der Waals surface area contributed by atoms with E-state index in [1.807, 2.05) is 49.6 Å². The highest BCUT2D eigenvalue weighted by Crippen LogP contribution is 2.62. The number of nitro groups is 1. The van der Waals surface area contributed by atoms with Gasteiger partial charge in [0.1, 0.15) is 29.9 Å². The summed E-state index contributed by atoms with van der Waals surface area (Å²) in [7, 11) is 0. The van der Waals surface area contributed by atoms with Gasteiger partial charge in [-0.1, -0.05) is 37.1 Å². The highest BCUT2D eigenvalue weighted by Gasteiger charge is 2.65. The van der Waals surface area contributed by atoms with E-state index in [1.165, 1.54) is 12.1 Å². The maximum Gasteiger partial charge on any atom is 0.410 e. The van der Waals surface area contributed by atoms with Gasteiger partial charge < -0.3 is 34.0 Å². The van der Waals surface area contributed by atoms with Gasteiger partial charge in [-0.3, -0.25) is 15.0 Å². The molecule has 328 valence electrons. The number of allylic oxidation sites excluding steroid dienone is 1. The number of carbonyl (C=O) groups is 1. The first-order valence-corrected chi connectivity index (χ1v) is 22.6. The van der Waals surface area contributed by atoms with Crippen molar-refractivity contribution in [2.75, 3.05) is 39.2 Å². The average Bonchev–Trinajstić information content (AvgIpc) is 3.27. The van der Waals surface area contributed by atoms with E-state index in [1.54, 1.807) is 41.8 Å². The Morgan fingerprint density at radius 1 is 1.03 bits per heavy atom. The van der Waals surface area contributed by atoms with E-state index in [9.17, 15) is 25.1 Å². The Morgan fingerprint density at radius 2 is 1.75 bits per heavy atom. The summed E-state index contributed by atoms with van der Waals surface area (Å²) >= 11 is 1.66. The maximum absolute atomic E-state index is 14.1. The molecule has 1 fully saturated rings. The van der Waals surface area contributed by atoms with Crippen molar-refractivity contribution in [1.29, 1.82) is 0 Å². The minimum absolute atomic E-state index is 0.0187. The summed E-state index contributed by atoms with van der Waals surface area (Å²) in [6.07, 6.45) is 10.8. The predicted octanol–water partition coefficient (Wildman–Crippen LogP) is 9.81. The summed E-state index contributed by atoms with van der Waals surface area (Å²) in [5.74, 6) is -0.107. The smallest absolute Gasteiger partial charge is 0.410 e. The normalized spacial score (nSPS) is 23.2. The zero-order valence-electron chi connectivity index (χ0n) is 35.4. The average molecular weight is 858 g/mol. The number of ether oxygens (including phenoxy) is 4. The predicted molar refractivity (Wildman–Crippen MR) is 235 cm³/mol. The number of nitrogens with zero attached hydrogens (tertiary/aromatic N) is 3. The lowest BCUT2D eigenvalue weighted by Crippen LogP contribution is -2.70. The highest BCUT2D eigenvalue weighted by molar-refractivity contribution is 7.98. The Balaban J connectivity index is 1.55. The molecule has 0 bridgehead atoms. The van der Waals surface area contributed by atoms with E-state index in [2.05, 4.69) is 18.7 Å². The molecule has 13 nitrogen and oxygen atoms in total. The minimum Gasteiger partial charge on any atom is -0.459 e. The molecule has 1 aliphatic heterocycles. The quantitative estimate of drug-likeness (QED) is 0.0325. The number of oxime groups is 1. The molecule has 6 unspecified atom stereocenters. The molecule has 6 atom stereocenters. The molecule has 1 amide bonds. The Kier molecular flexibility index (Phi) is 16.3. The number of unbranched alkanes of at least 4 members (excludes halogenated alkanes) is 2. The topological polar surface area (TPSA) is 162 Å². The number of aliphatic hydroxyl groups excluding tert-OH is 2. The molecule has 3 aromatic rings. The number of benzene rings is 3. The summed E-state index contributed by atoms with van der Waals surface area (Å²) in [5, 5.41) is 36.0. The molecule has 6 rings (SSSR count). The van der Waals surface area contributed by atoms with Crippen LogP contribution in [0.5, 0.6) is 17.2 Å². The van der Waals surface area contributed by atoms with Crippen LogP contribution < -0.4 is 9.47 Å². The molecule has 0 saturated heterocycles. The van der Waals surface area contributed by atoms with Gasteiger partial charge in [-0.2, -0.15) is 0 Å². The van der Waals surface area contributed by atoms with Crippen LogP contribution in [0, 0.1) is 27.9 Å². The lowest BCUT2D eigenvalue weighted by Gasteiger charge is -2.59. The number of rotatable bonds is 22. The Morgan fingerprint density at radius 3 is 2.41 bits per heavy atom. The first-order valence-electron chi connectivity index (χ1n) is 21.4. The van der Waals surface area contributed by atoms with Gasteiger partial charge in [-0.15, -0.1) is 18.3 Å². The van der Waals surface area contributed by atoms with Crippen molar-refractivity contribution in [3.8, 4) is 17.2 Å². The van der Waals surface area contributed by atoms with E-state index >= 15 is 0 Å². The number of nitro benzene ring substituents is 1. The maximum atomic E-state index is 14.1. The van der Waals surface area contributed by atoms with Crippen molar-refractivity contribution in [2.24, 2.45) is 22.9 Å². The van der Waals surface area contributed by atoms with Gasteiger partial charge in [0.25, 0.3) is 5.69 Å². The fraction of sp³-hybridized carbons (Fsp3) is 0.489. The van der Waals surface area contributed by atoms with Crippen molar-refractivity contribution in [3.05, 3.63) is 112 Å². The van der Waals surface area contributed by atoms with Crippen molar-refractivity contribution in [2.45, 2.75) is 94.5 Å². The second-order valence-corrected chi connectivity index (χ2v) is 16.5. The lowest BCUT2D eigenvalue weighted by atomic mass is 9.55. The SMILES string of the molecule is C=CCOC12Oc3ccc(Oc4ccc(SC)cc4)cc3C3C(CCCCO)C(CCCCO)C=C(C(=NOCc4ccc([N+](=O)[O-])cc4)CC1N(CCC)C(=O)OCC)C32. The molecule has 0 radical (unpaired) electrons. The Labute approximate surface area is 362 Å². The summed E-state index contributed by atoms with van der Waals surface area (Å²) in [6, 6.07) is 19.3. The number of amides is 1. The van der Waals surface area contributed by atoms with Gasteiger partial charge in [0.05, 0.1) is 29.8 Å². The highest BCUT2D eigenvalue weighted by atomic mass is 32.2. The summed E-state index contributed by atoms with van der Waals surface area (Å²) < 4.78 is 26.5. The van der Waals surface area contributed by atoms with Crippen molar-refractivity contribution in [1.82, 2.24) is 4.90 Å². The van der Waals surface area contributed by atoms with Crippen molar-refractivity contribution < 1.29 is 43.7 Å². The van der Waals surface area contributed by atoms with Crippen LogP contribution in [0.4, 0.5) is 10.5 Å². The van der Waals surface area contributed by atoms with Crippen molar-refractivity contribution in [3.63, 3.8) is 0 Å². The number of thioether (sulfide) groups is 1. The number of hydrogen-bond acceptors (Lipinski definition) is 12. The Bertz CT molecular complexity index is 2010. The fourth-order valence-electron chi connectivity index (χ4n) is 9.21. The van der Waals surface area contributed by atoms with E-state index in [-0.39, 0.29) is 62.9 Å². The second kappa shape index (κ2) is 21.8. The van der Waals surface area contributed by atoms with E-state index in [0.29, 0.717) is 54.3 Å². The lowest BCUT2D eigenvalue weighted by molar-refractivity contribution is -0.384. The number of non-ortho nitro benzene ring substituents is 1. The van der Waals surface area contributed by atoms with Crippen LogP contribution in [0.3, 0.4) is 0 Å². The molecule has 3 aliphatic rings. The van der Waals surface area contributed by atoms with E-state index in [4.69, 9.17) is 28.9 Å². The zero-order chi connectivity index (χ0) is 43.4. The summed E-state index contributed by atoms with van der Waals surface area (Å²) in [6.45, 7) is 8.68. The van der Waals surface area contributed by atoms with Gasteiger partial charge >= 0.3 is 6.09 Å². The molecule has 2 aliphatic carbocycles. The first-order chi connectivity index (χ1) is 29.7. The standard InChI is InChI=1S/C47H59N3O10S/c1-5-24-49(46(53)56-7-3)43-30-41(48-58-31-32-14-16-34(17-15-32)50(54)55)39-28-33(12-8-10-25-51)38(13-9-11-26-52)44-40-29-36(59-35-18-21-37(61-4)22-19-35)20-23-42(40)60-47(43,45(39)44)57-27-6-2/h6,14-23,28-29,33,38,43-45,51-52H,2,5,7-13,24-27,30-31H2,1,3-4H3.